The summed E-state index contributed by atoms with van der Waals surface area (Å²) in [6, 6.07) is 4.91. The lowest BCUT2D eigenvalue weighted by Gasteiger charge is -2.11. The van der Waals surface area contributed by atoms with E-state index in [0.717, 1.165) is 37.8 Å². The molecule has 0 heterocycles. The minimum absolute atomic E-state index is 0.312. The second kappa shape index (κ2) is 10.4. The Morgan fingerprint density at radius 1 is 1.04 bits per heavy atom. The zero-order valence-electron chi connectivity index (χ0n) is 14.9. The van der Waals surface area contributed by atoms with Crippen LogP contribution in [0.5, 0.6) is 5.75 Å². The molecule has 1 rings (SSSR count). The van der Waals surface area contributed by atoms with Crippen molar-refractivity contribution in [2.24, 2.45) is 5.16 Å². The second-order valence-corrected chi connectivity index (χ2v) is 7.44. The molecule has 1 aromatic rings. The first kappa shape index (κ1) is 22.3. The Morgan fingerprint density at radius 3 is 2.15 bits per heavy atom. The summed E-state index contributed by atoms with van der Waals surface area (Å²) in [6.07, 6.45) is 0.177. The van der Waals surface area contributed by atoms with Gasteiger partial charge >= 0.3 is 16.3 Å². The van der Waals surface area contributed by atoms with Crippen LogP contribution in [-0.4, -0.2) is 33.2 Å². The number of methoxy groups -OCH3 is 1. The lowest BCUT2D eigenvalue weighted by Crippen LogP contribution is -2.25. The number of hydrogen-bond acceptors (Lipinski definition) is 5. The molecule has 5 nitrogen and oxygen atoms in total. The van der Waals surface area contributed by atoms with Crippen LogP contribution in [0.15, 0.2) is 29.4 Å². The van der Waals surface area contributed by atoms with Gasteiger partial charge in [-0.25, -0.2) is 0 Å². The van der Waals surface area contributed by atoms with Gasteiger partial charge in [-0.15, -0.1) is 0 Å². The number of hydrogen-bond donors (Lipinski definition) is 0. The van der Waals surface area contributed by atoms with Crippen LogP contribution in [0.25, 0.3) is 0 Å². The van der Waals surface area contributed by atoms with E-state index in [1.165, 1.54) is 19.2 Å². The predicted octanol–water partition coefficient (Wildman–Crippen LogP) is 4.67. The van der Waals surface area contributed by atoms with Crippen LogP contribution in [0.2, 0.25) is 0 Å². The maximum atomic E-state index is 13.2. The van der Waals surface area contributed by atoms with E-state index >= 15 is 0 Å². The molecule has 0 aliphatic rings. The molecule has 0 atom stereocenters. The first-order chi connectivity index (χ1) is 12.2. The average Bonchev–Trinajstić information content (AvgIpc) is 2.57. The van der Waals surface area contributed by atoms with Gasteiger partial charge < -0.3 is 4.74 Å². The lowest BCUT2D eigenvalue weighted by atomic mass is 10.1. The maximum Gasteiger partial charge on any atom is 0.437 e. The number of oxime groups is 1. The van der Waals surface area contributed by atoms with Crippen LogP contribution in [0.1, 0.15) is 51.0 Å². The van der Waals surface area contributed by atoms with Gasteiger partial charge in [0.2, 0.25) is 0 Å². The molecule has 0 spiro atoms. The second-order valence-electron chi connectivity index (χ2n) is 5.77. The number of nitrogens with zero attached hydrogens (tertiary/aromatic N) is 1. The van der Waals surface area contributed by atoms with E-state index in [9.17, 15) is 21.6 Å². The van der Waals surface area contributed by atoms with Crippen LogP contribution >= 0.6 is 0 Å². The quantitative estimate of drug-likeness (QED) is 0.310. The summed E-state index contributed by atoms with van der Waals surface area (Å²) in [6.45, 7) is 2.07. The van der Waals surface area contributed by atoms with Crippen LogP contribution in [0.4, 0.5) is 13.2 Å². The summed E-state index contributed by atoms with van der Waals surface area (Å²) >= 11 is 0. The highest BCUT2D eigenvalue weighted by Crippen LogP contribution is 2.24. The Hall–Kier alpha value is -1.77. The molecule has 0 aromatic heterocycles. The van der Waals surface area contributed by atoms with Gasteiger partial charge in [-0.1, -0.05) is 44.2 Å². The van der Waals surface area contributed by atoms with Gasteiger partial charge in [-0.3, -0.25) is 4.28 Å². The largest absolute Gasteiger partial charge is 0.497 e. The van der Waals surface area contributed by atoms with Crippen molar-refractivity contribution in [1.82, 2.24) is 0 Å². The van der Waals surface area contributed by atoms with Crippen molar-refractivity contribution < 1.29 is 30.6 Å². The highest BCUT2D eigenvalue weighted by molar-refractivity contribution is 7.86. The summed E-state index contributed by atoms with van der Waals surface area (Å²) in [7, 11) is -2.78. The van der Waals surface area contributed by atoms with E-state index in [2.05, 4.69) is 16.4 Å². The number of ether oxygens (including phenoxy) is 1. The molecule has 0 N–H and O–H groups in total. The molecule has 0 aliphatic carbocycles. The Labute approximate surface area is 152 Å². The van der Waals surface area contributed by atoms with Gasteiger partial charge in [0, 0.05) is 5.56 Å². The number of rotatable bonds is 11. The van der Waals surface area contributed by atoms with E-state index in [-0.39, 0.29) is 11.3 Å². The van der Waals surface area contributed by atoms with E-state index in [1.807, 2.05) is 0 Å². The minimum atomic E-state index is -4.86. The summed E-state index contributed by atoms with van der Waals surface area (Å²) in [5.41, 5.74) is -1.72. The fraction of sp³-hybridized carbons (Fsp3) is 0.588. The maximum absolute atomic E-state index is 13.2. The zero-order valence-corrected chi connectivity index (χ0v) is 15.7. The molecule has 0 amide bonds. The predicted molar refractivity (Wildman–Crippen MR) is 93.8 cm³/mol. The van der Waals surface area contributed by atoms with Gasteiger partial charge in [0.05, 0.1) is 12.9 Å². The normalized spacial score (nSPS) is 12.9. The van der Waals surface area contributed by atoms with Crippen molar-refractivity contribution in [1.29, 1.82) is 0 Å². The number of benzene rings is 1. The molecule has 0 unspecified atom stereocenters. The first-order valence-electron chi connectivity index (χ1n) is 8.40. The van der Waals surface area contributed by atoms with Crippen LogP contribution < -0.4 is 4.74 Å². The van der Waals surface area contributed by atoms with Crippen molar-refractivity contribution >= 4 is 15.8 Å². The Morgan fingerprint density at radius 2 is 1.62 bits per heavy atom. The topological polar surface area (TPSA) is 65.0 Å². The minimum Gasteiger partial charge on any atom is -0.497 e. The highest BCUT2D eigenvalue weighted by atomic mass is 32.2. The smallest absolute Gasteiger partial charge is 0.437 e. The molecule has 0 saturated carbocycles. The molecule has 0 fully saturated rings. The third-order valence-electron chi connectivity index (χ3n) is 3.62. The van der Waals surface area contributed by atoms with E-state index in [0.29, 0.717) is 18.6 Å². The first-order valence-corrected chi connectivity index (χ1v) is 9.98. The van der Waals surface area contributed by atoms with Gasteiger partial charge in [0.1, 0.15) is 5.75 Å². The molecule has 148 valence electrons. The van der Waals surface area contributed by atoms with E-state index in [1.54, 1.807) is 0 Å². The Kier molecular flexibility index (Phi) is 8.91. The monoisotopic (exact) mass is 395 g/mol. The zero-order chi connectivity index (χ0) is 19.6. The van der Waals surface area contributed by atoms with Crippen molar-refractivity contribution in [2.75, 3.05) is 12.9 Å². The molecule has 0 saturated heterocycles. The molecule has 0 radical (unpaired) electrons. The summed E-state index contributed by atoms with van der Waals surface area (Å²) in [5.74, 6) is 0.00278. The fourth-order valence-electron chi connectivity index (χ4n) is 2.21. The van der Waals surface area contributed by atoms with E-state index in [4.69, 9.17) is 4.74 Å². The van der Waals surface area contributed by atoms with Gasteiger partial charge in [0.15, 0.2) is 5.71 Å². The van der Waals surface area contributed by atoms with Crippen molar-refractivity contribution in [3.63, 3.8) is 0 Å². The van der Waals surface area contributed by atoms with E-state index < -0.39 is 22.0 Å². The average molecular weight is 395 g/mol. The standard InChI is InChI=1S/C17H24F3NO4S/c1-3-4-5-6-7-8-13-26(22,23)25-21-16(17(18,19)20)14-9-11-15(24-2)12-10-14/h9-12H,3-8,13H2,1-2H3. The molecule has 1 aromatic carbocycles. The van der Waals surface area contributed by atoms with Gasteiger partial charge in [-0.05, 0) is 30.7 Å². The molecular weight excluding hydrogens is 371 g/mol. The number of unbranched alkanes of at least 4 members (excludes halogenated alkanes) is 5. The fourth-order valence-corrected chi connectivity index (χ4v) is 3.03. The van der Waals surface area contributed by atoms with Gasteiger partial charge in [0.25, 0.3) is 0 Å². The summed E-state index contributed by atoms with van der Waals surface area (Å²) in [5, 5.41) is 2.88. The number of alkyl halides is 3. The molecule has 0 aliphatic heterocycles. The molecule has 26 heavy (non-hydrogen) atoms. The van der Waals surface area contributed by atoms with Crippen molar-refractivity contribution in [2.45, 2.75) is 51.6 Å². The Balaban J connectivity index is 2.74. The van der Waals surface area contributed by atoms with Crippen molar-refractivity contribution in [3.05, 3.63) is 29.8 Å². The Bertz CT molecular complexity index is 670. The lowest BCUT2D eigenvalue weighted by molar-refractivity contribution is -0.0597. The number of halogens is 3. The van der Waals surface area contributed by atoms with Gasteiger partial charge in [-0.2, -0.15) is 21.6 Å². The van der Waals surface area contributed by atoms with Crippen LogP contribution in [-0.2, 0) is 14.4 Å². The van der Waals surface area contributed by atoms with Crippen molar-refractivity contribution in [3.8, 4) is 5.75 Å². The van der Waals surface area contributed by atoms with Crippen LogP contribution in [0, 0.1) is 0 Å². The summed E-state index contributed by atoms with van der Waals surface area (Å²) < 4.78 is 72.1. The third kappa shape index (κ3) is 8.07. The SMILES string of the molecule is CCCCCCCCS(=O)(=O)ON=C(c1ccc(OC)cc1)C(F)(F)F. The summed E-state index contributed by atoms with van der Waals surface area (Å²) in [4.78, 5) is 0. The molecular formula is C17H24F3NO4S. The third-order valence-corrected chi connectivity index (χ3v) is 4.71. The highest BCUT2D eigenvalue weighted by Gasteiger charge is 2.38. The molecule has 9 heteroatoms. The van der Waals surface area contributed by atoms with Crippen LogP contribution in [0.3, 0.4) is 0 Å². The molecule has 0 bridgehead atoms.